The number of halogens is 1. The van der Waals surface area contributed by atoms with Gasteiger partial charge >= 0.3 is 0 Å². The van der Waals surface area contributed by atoms with Crippen LogP contribution in [0.5, 0.6) is 0 Å². The first-order valence-corrected chi connectivity index (χ1v) is 10.2. The Bertz CT molecular complexity index is 650. The second kappa shape index (κ2) is 9.62. The number of amides is 2. The molecule has 5 nitrogen and oxygen atoms in total. The fraction of sp³-hybridized carbons (Fsp3) is 0.579. The highest BCUT2D eigenvalue weighted by atomic mass is 35.5. The standard InChI is InChI=1S/C19H27N3O2S.ClH/c1-13-12-15(6-7-20-13)18(23)21-17-5-3-4-16(14(17)2)19(24)22-8-10-25-11-9-22;/h3-5,13,15,20H,6-12H2,1-2H3,(H,21,23);1H/t13-,15-;/m0./s1. The van der Waals surface area contributed by atoms with Gasteiger partial charge in [0.25, 0.3) is 5.91 Å². The quantitative estimate of drug-likeness (QED) is 0.823. The van der Waals surface area contributed by atoms with Crippen LogP contribution < -0.4 is 10.6 Å². The van der Waals surface area contributed by atoms with Gasteiger partial charge < -0.3 is 15.5 Å². The Balaban J connectivity index is 0.00000243. The van der Waals surface area contributed by atoms with E-state index in [2.05, 4.69) is 17.6 Å². The van der Waals surface area contributed by atoms with Gasteiger partial charge in [0.05, 0.1) is 0 Å². The maximum absolute atomic E-state index is 12.8. The fourth-order valence-corrected chi connectivity index (χ4v) is 4.45. The van der Waals surface area contributed by atoms with Gasteiger partial charge in [-0.1, -0.05) is 6.07 Å². The van der Waals surface area contributed by atoms with E-state index in [9.17, 15) is 9.59 Å². The number of thioether (sulfide) groups is 1. The molecular formula is C19H28ClN3O2S. The number of anilines is 1. The van der Waals surface area contributed by atoms with E-state index >= 15 is 0 Å². The Kier molecular flexibility index (Phi) is 7.80. The van der Waals surface area contributed by atoms with Crippen LogP contribution in [0.1, 0.15) is 35.7 Å². The van der Waals surface area contributed by atoms with Crippen molar-refractivity contribution in [2.45, 2.75) is 32.7 Å². The van der Waals surface area contributed by atoms with Crippen molar-refractivity contribution in [1.29, 1.82) is 0 Å². The van der Waals surface area contributed by atoms with Crippen LogP contribution in [0.25, 0.3) is 0 Å². The van der Waals surface area contributed by atoms with E-state index in [-0.39, 0.29) is 30.1 Å². The normalized spacial score (nSPS) is 23.1. The highest BCUT2D eigenvalue weighted by Crippen LogP contribution is 2.24. The molecule has 2 aliphatic heterocycles. The van der Waals surface area contributed by atoms with Gasteiger partial charge in [-0.15, -0.1) is 12.4 Å². The number of nitrogens with one attached hydrogen (secondary N) is 2. The average Bonchev–Trinajstić information content (AvgIpc) is 2.63. The Hall–Kier alpha value is -1.24. The summed E-state index contributed by atoms with van der Waals surface area (Å²) < 4.78 is 0. The van der Waals surface area contributed by atoms with Crippen molar-refractivity contribution in [3.63, 3.8) is 0 Å². The van der Waals surface area contributed by atoms with Gasteiger partial charge in [-0.05, 0) is 50.9 Å². The lowest BCUT2D eigenvalue weighted by molar-refractivity contribution is -0.120. The molecule has 2 amide bonds. The molecule has 0 unspecified atom stereocenters. The molecule has 0 spiro atoms. The van der Waals surface area contributed by atoms with Crippen LogP contribution in [0.15, 0.2) is 18.2 Å². The highest BCUT2D eigenvalue weighted by molar-refractivity contribution is 7.99. The third-order valence-corrected chi connectivity index (χ3v) is 6.06. The van der Waals surface area contributed by atoms with E-state index in [0.717, 1.165) is 55.2 Å². The predicted molar refractivity (Wildman–Crippen MR) is 110 cm³/mol. The molecule has 2 N–H and O–H groups in total. The van der Waals surface area contributed by atoms with Gasteiger partial charge in [0.2, 0.25) is 5.91 Å². The second-order valence-corrected chi connectivity index (χ2v) is 8.17. The van der Waals surface area contributed by atoms with Crippen LogP contribution in [0.2, 0.25) is 0 Å². The van der Waals surface area contributed by atoms with Crippen molar-refractivity contribution in [3.05, 3.63) is 29.3 Å². The summed E-state index contributed by atoms with van der Waals surface area (Å²) >= 11 is 1.89. The van der Waals surface area contributed by atoms with Crippen LogP contribution in [0.3, 0.4) is 0 Å². The molecule has 0 aliphatic carbocycles. The zero-order valence-electron chi connectivity index (χ0n) is 15.4. The fourth-order valence-electron chi connectivity index (χ4n) is 3.54. The summed E-state index contributed by atoms with van der Waals surface area (Å²) in [7, 11) is 0. The first kappa shape index (κ1) is 21.1. The highest BCUT2D eigenvalue weighted by Gasteiger charge is 2.26. The first-order chi connectivity index (χ1) is 12.1. The van der Waals surface area contributed by atoms with Crippen molar-refractivity contribution >= 4 is 41.7 Å². The minimum atomic E-state index is 0. The lowest BCUT2D eigenvalue weighted by atomic mass is 9.92. The molecule has 1 aromatic carbocycles. The summed E-state index contributed by atoms with van der Waals surface area (Å²) in [6.45, 7) is 6.51. The summed E-state index contributed by atoms with van der Waals surface area (Å²) in [6, 6.07) is 5.98. The number of hydrogen-bond acceptors (Lipinski definition) is 4. The Morgan fingerprint density at radius 3 is 2.69 bits per heavy atom. The number of hydrogen-bond donors (Lipinski definition) is 2. The summed E-state index contributed by atoms with van der Waals surface area (Å²) in [6.07, 6.45) is 1.72. The van der Waals surface area contributed by atoms with E-state index in [1.807, 2.05) is 41.8 Å². The molecule has 3 rings (SSSR count). The molecule has 2 heterocycles. The lowest BCUT2D eigenvalue weighted by Crippen LogP contribution is -2.40. The largest absolute Gasteiger partial charge is 0.337 e. The number of carbonyl (C=O) groups is 2. The van der Waals surface area contributed by atoms with Crippen molar-refractivity contribution in [3.8, 4) is 0 Å². The second-order valence-electron chi connectivity index (χ2n) is 6.95. The molecule has 2 atom stereocenters. The van der Waals surface area contributed by atoms with Crippen LogP contribution in [0.4, 0.5) is 5.69 Å². The molecule has 0 radical (unpaired) electrons. The topological polar surface area (TPSA) is 61.4 Å². The first-order valence-electron chi connectivity index (χ1n) is 9.07. The summed E-state index contributed by atoms with van der Waals surface area (Å²) in [5.41, 5.74) is 2.32. The smallest absolute Gasteiger partial charge is 0.254 e. The minimum absolute atomic E-state index is 0. The Labute approximate surface area is 166 Å². The zero-order valence-corrected chi connectivity index (χ0v) is 17.0. The number of nitrogens with zero attached hydrogens (tertiary/aromatic N) is 1. The van der Waals surface area contributed by atoms with Gasteiger partial charge in [-0.25, -0.2) is 0 Å². The SMILES string of the molecule is Cc1c(NC(=O)[C@H]2CCN[C@@H](C)C2)cccc1C(=O)N1CCSCC1.Cl. The third kappa shape index (κ3) is 4.93. The van der Waals surface area contributed by atoms with Gasteiger partial charge in [0, 0.05) is 47.8 Å². The molecule has 26 heavy (non-hydrogen) atoms. The van der Waals surface area contributed by atoms with Crippen LogP contribution in [-0.4, -0.2) is 53.9 Å². The Morgan fingerprint density at radius 2 is 2.00 bits per heavy atom. The molecule has 0 aromatic heterocycles. The van der Waals surface area contributed by atoms with Crippen molar-refractivity contribution in [2.24, 2.45) is 5.92 Å². The van der Waals surface area contributed by atoms with E-state index < -0.39 is 0 Å². The van der Waals surface area contributed by atoms with Crippen molar-refractivity contribution in [1.82, 2.24) is 10.2 Å². The molecule has 2 fully saturated rings. The molecule has 0 bridgehead atoms. The monoisotopic (exact) mass is 397 g/mol. The molecule has 144 valence electrons. The number of carbonyl (C=O) groups excluding carboxylic acids is 2. The van der Waals surface area contributed by atoms with Gasteiger partial charge in [-0.2, -0.15) is 11.8 Å². The predicted octanol–water partition coefficient (Wildman–Crippen LogP) is 2.93. The number of piperidine rings is 1. The lowest BCUT2D eigenvalue weighted by Gasteiger charge is -2.28. The van der Waals surface area contributed by atoms with Gasteiger partial charge in [0.1, 0.15) is 0 Å². The maximum Gasteiger partial charge on any atom is 0.254 e. The van der Waals surface area contributed by atoms with Crippen LogP contribution in [-0.2, 0) is 4.79 Å². The molecule has 0 saturated carbocycles. The Morgan fingerprint density at radius 1 is 1.27 bits per heavy atom. The molecule has 1 aromatic rings. The van der Waals surface area contributed by atoms with Gasteiger partial charge in [-0.3, -0.25) is 9.59 Å². The van der Waals surface area contributed by atoms with E-state index in [4.69, 9.17) is 0 Å². The number of rotatable bonds is 3. The van der Waals surface area contributed by atoms with E-state index in [1.54, 1.807) is 0 Å². The number of benzene rings is 1. The summed E-state index contributed by atoms with van der Waals surface area (Å²) in [5, 5.41) is 6.43. The van der Waals surface area contributed by atoms with Crippen molar-refractivity contribution < 1.29 is 9.59 Å². The zero-order chi connectivity index (χ0) is 17.8. The molecule has 7 heteroatoms. The third-order valence-electron chi connectivity index (χ3n) is 5.11. The van der Waals surface area contributed by atoms with Crippen LogP contribution in [0, 0.1) is 12.8 Å². The van der Waals surface area contributed by atoms with E-state index in [0.29, 0.717) is 11.6 Å². The molecule has 2 aliphatic rings. The molecular weight excluding hydrogens is 370 g/mol. The molecule has 2 saturated heterocycles. The summed E-state index contributed by atoms with van der Waals surface area (Å²) in [5.74, 6) is 2.17. The maximum atomic E-state index is 12.8. The average molecular weight is 398 g/mol. The van der Waals surface area contributed by atoms with E-state index in [1.165, 1.54) is 0 Å². The van der Waals surface area contributed by atoms with Crippen LogP contribution >= 0.6 is 24.2 Å². The summed E-state index contributed by atoms with van der Waals surface area (Å²) in [4.78, 5) is 27.3. The minimum Gasteiger partial charge on any atom is -0.337 e. The van der Waals surface area contributed by atoms with Gasteiger partial charge in [0.15, 0.2) is 0 Å². The van der Waals surface area contributed by atoms with Crippen molar-refractivity contribution in [2.75, 3.05) is 36.5 Å².